The predicted octanol–water partition coefficient (Wildman–Crippen LogP) is 1.56. The molecule has 7 nitrogen and oxygen atoms in total. The summed E-state index contributed by atoms with van der Waals surface area (Å²) in [6, 6.07) is 7.07. The molecule has 1 aromatic carbocycles. The Labute approximate surface area is 144 Å². The van der Waals surface area contributed by atoms with Gasteiger partial charge in [0.15, 0.2) is 11.5 Å². The summed E-state index contributed by atoms with van der Waals surface area (Å²) < 4.78 is 11.9. The first-order chi connectivity index (χ1) is 12.2. The zero-order chi connectivity index (χ0) is 17.2. The molecule has 0 bridgehead atoms. The Morgan fingerprint density at radius 2 is 2.08 bits per heavy atom. The maximum atomic E-state index is 12.1. The van der Waals surface area contributed by atoms with Crippen LogP contribution in [0.1, 0.15) is 36.4 Å². The van der Waals surface area contributed by atoms with Gasteiger partial charge in [0.05, 0.1) is 12.0 Å². The van der Waals surface area contributed by atoms with Crippen LogP contribution in [0.4, 0.5) is 0 Å². The fourth-order valence-electron chi connectivity index (χ4n) is 2.95. The van der Waals surface area contributed by atoms with Crippen molar-refractivity contribution in [1.82, 2.24) is 14.9 Å². The average Bonchev–Trinajstić information content (AvgIpc) is 3.01. The van der Waals surface area contributed by atoms with Crippen LogP contribution in [0, 0.1) is 0 Å². The quantitative estimate of drug-likeness (QED) is 0.892. The molecule has 0 unspecified atom stereocenters. The average molecular weight is 341 g/mol. The number of nitrogens with one attached hydrogen (secondary N) is 1. The van der Waals surface area contributed by atoms with Crippen LogP contribution in [-0.4, -0.2) is 22.3 Å². The number of ether oxygens (including phenoxy) is 2. The van der Waals surface area contributed by atoms with Crippen LogP contribution in [-0.2, 0) is 17.9 Å². The second-order valence-corrected chi connectivity index (χ2v) is 6.37. The minimum Gasteiger partial charge on any atom is -0.454 e. The SMILES string of the molecule is O=C(Cn1cnc(C2CCC2)cc1=O)NCc1ccc2c(c1)OCO2. The molecule has 2 aromatic rings. The normalized spacial score (nSPS) is 15.7. The molecule has 1 amide bonds. The Morgan fingerprint density at radius 1 is 1.24 bits per heavy atom. The standard InChI is InChI=1S/C18H19N3O4/c22-17(19-8-12-4-5-15-16(6-12)25-11-24-15)9-21-10-20-14(7-18(21)23)13-2-1-3-13/h4-7,10,13H,1-3,8-9,11H2,(H,19,22). The van der Waals surface area contributed by atoms with E-state index in [1.54, 1.807) is 6.07 Å². The molecular formula is C18H19N3O4. The van der Waals surface area contributed by atoms with Crippen LogP contribution >= 0.6 is 0 Å². The van der Waals surface area contributed by atoms with E-state index in [4.69, 9.17) is 9.47 Å². The molecule has 1 aliphatic carbocycles. The molecule has 1 N–H and O–H groups in total. The van der Waals surface area contributed by atoms with E-state index in [1.165, 1.54) is 17.3 Å². The Kier molecular flexibility index (Phi) is 4.13. The Bertz CT molecular complexity index is 858. The number of fused-ring (bicyclic) bond motifs is 1. The lowest BCUT2D eigenvalue weighted by molar-refractivity contribution is -0.121. The van der Waals surface area contributed by atoms with E-state index in [1.807, 2.05) is 18.2 Å². The van der Waals surface area contributed by atoms with E-state index in [2.05, 4.69) is 10.3 Å². The first-order valence-electron chi connectivity index (χ1n) is 8.40. The molecule has 1 fully saturated rings. The van der Waals surface area contributed by atoms with Gasteiger partial charge in [-0.1, -0.05) is 12.5 Å². The number of rotatable bonds is 5. The molecule has 0 atom stereocenters. The van der Waals surface area contributed by atoms with Crippen molar-refractivity contribution in [2.24, 2.45) is 0 Å². The van der Waals surface area contributed by atoms with Crippen molar-refractivity contribution < 1.29 is 14.3 Å². The molecule has 25 heavy (non-hydrogen) atoms. The highest BCUT2D eigenvalue weighted by atomic mass is 16.7. The van der Waals surface area contributed by atoms with Gasteiger partial charge in [0.2, 0.25) is 12.7 Å². The van der Waals surface area contributed by atoms with Crippen LogP contribution < -0.4 is 20.3 Å². The van der Waals surface area contributed by atoms with Crippen LogP contribution in [0.3, 0.4) is 0 Å². The second kappa shape index (κ2) is 6.58. The lowest BCUT2D eigenvalue weighted by atomic mass is 9.83. The predicted molar refractivity (Wildman–Crippen MR) is 89.5 cm³/mol. The van der Waals surface area contributed by atoms with Crippen LogP contribution in [0.2, 0.25) is 0 Å². The lowest BCUT2D eigenvalue weighted by Gasteiger charge is -2.24. The maximum Gasteiger partial charge on any atom is 0.254 e. The van der Waals surface area contributed by atoms with Gasteiger partial charge in [0.1, 0.15) is 6.54 Å². The molecular weight excluding hydrogens is 322 g/mol. The van der Waals surface area contributed by atoms with E-state index in [-0.39, 0.29) is 24.8 Å². The van der Waals surface area contributed by atoms with Gasteiger partial charge in [-0.2, -0.15) is 0 Å². The lowest BCUT2D eigenvalue weighted by Crippen LogP contribution is -2.32. The molecule has 130 valence electrons. The Morgan fingerprint density at radius 3 is 2.84 bits per heavy atom. The summed E-state index contributed by atoms with van der Waals surface area (Å²) in [5, 5.41) is 2.80. The van der Waals surface area contributed by atoms with Gasteiger partial charge in [0.25, 0.3) is 5.56 Å². The van der Waals surface area contributed by atoms with Gasteiger partial charge >= 0.3 is 0 Å². The highest BCUT2D eigenvalue weighted by Crippen LogP contribution is 2.34. The van der Waals surface area contributed by atoms with Gasteiger partial charge < -0.3 is 14.8 Å². The van der Waals surface area contributed by atoms with Crippen molar-refractivity contribution >= 4 is 5.91 Å². The summed E-state index contributed by atoms with van der Waals surface area (Å²) in [5.74, 6) is 1.55. The Hall–Kier alpha value is -2.83. The fourth-order valence-corrected chi connectivity index (χ4v) is 2.95. The zero-order valence-corrected chi connectivity index (χ0v) is 13.7. The first-order valence-corrected chi connectivity index (χ1v) is 8.40. The smallest absolute Gasteiger partial charge is 0.254 e. The van der Waals surface area contributed by atoms with E-state index in [9.17, 15) is 9.59 Å². The van der Waals surface area contributed by atoms with Crippen molar-refractivity contribution in [3.8, 4) is 11.5 Å². The van der Waals surface area contributed by atoms with E-state index in [0.717, 1.165) is 24.1 Å². The number of carbonyl (C=O) groups excluding carboxylic acids is 1. The summed E-state index contributed by atoms with van der Waals surface area (Å²) in [4.78, 5) is 28.6. The summed E-state index contributed by atoms with van der Waals surface area (Å²) >= 11 is 0. The third-order valence-electron chi connectivity index (χ3n) is 4.66. The number of carbonyl (C=O) groups is 1. The number of hydrogen-bond donors (Lipinski definition) is 1. The van der Waals surface area contributed by atoms with Gasteiger partial charge in [0, 0.05) is 18.5 Å². The van der Waals surface area contributed by atoms with Crippen molar-refractivity contribution in [3.05, 3.63) is 52.2 Å². The number of benzene rings is 1. The van der Waals surface area contributed by atoms with Gasteiger partial charge in [-0.25, -0.2) is 4.98 Å². The molecule has 4 rings (SSSR count). The molecule has 0 spiro atoms. The molecule has 1 aromatic heterocycles. The third-order valence-corrected chi connectivity index (χ3v) is 4.66. The minimum atomic E-state index is -0.238. The molecule has 2 aliphatic rings. The van der Waals surface area contributed by atoms with Crippen LogP contribution in [0.5, 0.6) is 11.5 Å². The third kappa shape index (κ3) is 3.35. The second-order valence-electron chi connectivity index (χ2n) is 6.37. The van der Waals surface area contributed by atoms with Gasteiger partial charge in [-0.3, -0.25) is 14.2 Å². The fraction of sp³-hybridized carbons (Fsp3) is 0.389. The minimum absolute atomic E-state index is 0.0403. The van der Waals surface area contributed by atoms with Gasteiger partial charge in [-0.15, -0.1) is 0 Å². The number of nitrogens with zero attached hydrogens (tertiary/aromatic N) is 2. The highest BCUT2D eigenvalue weighted by molar-refractivity contribution is 5.75. The molecule has 0 saturated heterocycles. The molecule has 1 aliphatic heterocycles. The van der Waals surface area contributed by atoms with E-state index in [0.29, 0.717) is 24.0 Å². The number of amides is 1. The van der Waals surface area contributed by atoms with E-state index >= 15 is 0 Å². The number of hydrogen-bond acceptors (Lipinski definition) is 5. The van der Waals surface area contributed by atoms with Crippen molar-refractivity contribution in [1.29, 1.82) is 0 Å². The monoisotopic (exact) mass is 341 g/mol. The topological polar surface area (TPSA) is 82.5 Å². The summed E-state index contributed by atoms with van der Waals surface area (Å²) in [7, 11) is 0. The highest BCUT2D eigenvalue weighted by Gasteiger charge is 2.21. The van der Waals surface area contributed by atoms with Crippen molar-refractivity contribution in [2.75, 3.05) is 6.79 Å². The maximum absolute atomic E-state index is 12.1. The largest absolute Gasteiger partial charge is 0.454 e. The molecule has 7 heteroatoms. The van der Waals surface area contributed by atoms with Gasteiger partial charge in [-0.05, 0) is 30.5 Å². The van der Waals surface area contributed by atoms with Crippen LogP contribution in [0.25, 0.3) is 0 Å². The summed E-state index contributed by atoms with van der Waals surface area (Å²) in [6.45, 7) is 0.539. The Balaban J connectivity index is 1.35. The zero-order valence-electron chi connectivity index (χ0n) is 13.7. The van der Waals surface area contributed by atoms with E-state index < -0.39 is 0 Å². The molecule has 2 heterocycles. The first kappa shape index (κ1) is 15.7. The van der Waals surface area contributed by atoms with Crippen molar-refractivity contribution in [3.63, 3.8) is 0 Å². The number of aromatic nitrogens is 2. The van der Waals surface area contributed by atoms with Crippen LogP contribution in [0.15, 0.2) is 35.4 Å². The summed E-state index contributed by atoms with van der Waals surface area (Å²) in [6.07, 6.45) is 4.84. The molecule has 0 radical (unpaired) electrons. The summed E-state index contributed by atoms with van der Waals surface area (Å²) in [5.41, 5.74) is 1.56. The van der Waals surface area contributed by atoms with Crippen molar-refractivity contribution in [2.45, 2.75) is 38.3 Å². The molecule has 1 saturated carbocycles.